The molecule has 1 aromatic carbocycles. The number of amides is 8. The van der Waals surface area contributed by atoms with E-state index in [4.69, 9.17) is 12.2 Å². The Kier molecular flexibility index (Phi) is 19.4. The third-order valence-electron chi connectivity index (χ3n) is 7.83. The molecule has 0 radical (unpaired) electrons. The van der Waals surface area contributed by atoms with Gasteiger partial charge in [0.25, 0.3) is 0 Å². The normalized spacial score (nSPS) is 13.9. The summed E-state index contributed by atoms with van der Waals surface area (Å²) in [7, 11) is 1.49. The maximum absolute atomic E-state index is 13.2. The summed E-state index contributed by atoms with van der Waals surface area (Å²) in [6, 6.07) is -2.83. The van der Waals surface area contributed by atoms with E-state index in [0.29, 0.717) is 18.6 Å². The molecule has 0 saturated carbocycles. The first-order chi connectivity index (χ1) is 24.9. The molecule has 0 heterocycles. The van der Waals surface area contributed by atoms with E-state index < -0.39 is 65.4 Å². The van der Waals surface area contributed by atoms with Gasteiger partial charge in [0, 0.05) is 57.0 Å². The SMILES string of the molecule is CNC(=O)NC[C@@H](NC(=O)NC[C@H](CC(C)C)NC(=O)NC[C@H](C)NC(=O)NC[C@@H](NC(=S)Nc1cc(C(F)(F)F)cc(C(F)(F)F)c1)C(C)C)C(C)C. The quantitative estimate of drug-likeness (QED) is 0.0800. The predicted molar refractivity (Wildman–Crippen MR) is 198 cm³/mol. The van der Waals surface area contributed by atoms with Gasteiger partial charge in [-0.2, -0.15) is 26.3 Å². The number of carbonyl (C=O) groups excluding carboxylic acids is 4. The Morgan fingerprint density at radius 2 is 1.06 bits per heavy atom. The topological polar surface area (TPSA) is 189 Å². The van der Waals surface area contributed by atoms with Gasteiger partial charge in [0.05, 0.1) is 17.2 Å². The lowest BCUT2D eigenvalue weighted by atomic mass is 10.0. The van der Waals surface area contributed by atoms with Gasteiger partial charge in [-0.25, -0.2) is 19.2 Å². The molecule has 14 nitrogen and oxygen atoms in total. The second-order valence-electron chi connectivity index (χ2n) is 13.8. The second kappa shape index (κ2) is 22.1. The molecule has 0 aliphatic rings. The standard InChI is InChI=1S/C33H54F6N10O4S/c1-17(2)9-24(14-42-30(53)48-25(18(3)4)15-43-27(50)40-8)46-29(52)41-13-20(7)45-28(51)44-16-26(19(5)6)49-31(54)47-23-11-21(32(34,35)36)10-22(12-23)33(37,38)39/h10-12,17-20,24-26H,9,13-16H2,1-8H3,(H2,40,43,50)(H2,41,46,52)(H2,42,48,53)(H2,44,45,51)(H2,47,49,54)/t20-,24-,25+,26+/m0/s1. The van der Waals surface area contributed by atoms with E-state index in [-0.39, 0.29) is 67.2 Å². The van der Waals surface area contributed by atoms with Crippen LogP contribution in [0.2, 0.25) is 0 Å². The molecule has 0 saturated heterocycles. The van der Waals surface area contributed by atoms with Crippen LogP contribution in [-0.2, 0) is 12.4 Å². The fourth-order valence-electron chi connectivity index (χ4n) is 4.77. The number of thiocarbonyl (C=S) groups is 1. The largest absolute Gasteiger partial charge is 0.416 e. The van der Waals surface area contributed by atoms with E-state index in [1.54, 1.807) is 20.8 Å². The van der Waals surface area contributed by atoms with Crippen molar-refractivity contribution in [3.8, 4) is 0 Å². The summed E-state index contributed by atoms with van der Waals surface area (Å²) >= 11 is 5.14. The first-order valence-corrected chi connectivity index (χ1v) is 17.8. The number of carbonyl (C=O) groups is 4. The van der Waals surface area contributed by atoms with Crippen LogP contribution in [0.25, 0.3) is 0 Å². The maximum atomic E-state index is 13.2. The van der Waals surface area contributed by atoms with Gasteiger partial charge in [-0.15, -0.1) is 0 Å². The van der Waals surface area contributed by atoms with Crippen molar-refractivity contribution in [1.29, 1.82) is 0 Å². The van der Waals surface area contributed by atoms with Gasteiger partial charge in [0.1, 0.15) is 0 Å². The summed E-state index contributed by atoms with van der Waals surface area (Å²) in [6.07, 6.45) is -9.50. The van der Waals surface area contributed by atoms with E-state index in [9.17, 15) is 45.5 Å². The summed E-state index contributed by atoms with van der Waals surface area (Å²) in [4.78, 5) is 49.5. The van der Waals surface area contributed by atoms with E-state index >= 15 is 0 Å². The van der Waals surface area contributed by atoms with Crippen LogP contribution in [0.3, 0.4) is 0 Å². The molecule has 0 bridgehead atoms. The number of benzene rings is 1. The Morgan fingerprint density at radius 1 is 0.611 bits per heavy atom. The molecule has 1 rings (SSSR count). The Labute approximate surface area is 317 Å². The van der Waals surface area contributed by atoms with Crippen molar-refractivity contribution in [3.05, 3.63) is 29.3 Å². The van der Waals surface area contributed by atoms with Crippen molar-refractivity contribution in [2.45, 2.75) is 91.4 Å². The average molecular weight is 801 g/mol. The van der Waals surface area contributed by atoms with Crippen molar-refractivity contribution in [2.75, 3.05) is 38.5 Å². The number of rotatable bonds is 17. The van der Waals surface area contributed by atoms with Crippen molar-refractivity contribution < 1.29 is 45.5 Å². The molecule has 0 spiro atoms. The molecule has 0 aliphatic carbocycles. The van der Waals surface area contributed by atoms with Crippen LogP contribution in [0.15, 0.2) is 18.2 Å². The number of alkyl halides is 6. The lowest BCUT2D eigenvalue weighted by molar-refractivity contribution is -0.143. The summed E-state index contributed by atoms with van der Waals surface area (Å²) < 4.78 is 79.5. The first-order valence-electron chi connectivity index (χ1n) is 17.4. The van der Waals surface area contributed by atoms with Gasteiger partial charge in [-0.1, -0.05) is 41.5 Å². The number of urea groups is 4. The van der Waals surface area contributed by atoms with E-state index in [1.165, 1.54) is 7.05 Å². The first kappa shape index (κ1) is 47.6. The summed E-state index contributed by atoms with van der Waals surface area (Å²) in [5.74, 6) is 0.0149. The second-order valence-corrected chi connectivity index (χ2v) is 14.3. The highest BCUT2D eigenvalue weighted by molar-refractivity contribution is 7.80. The fraction of sp³-hybridized carbons (Fsp3) is 0.667. The molecule has 54 heavy (non-hydrogen) atoms. The molecule has 308 valence electrons. The fourth-order valence-corrected chi connectivity index (χ4v) is 5.04. The van der Waals surface area contributed by atoms with Crippen molar-refractivity contribution >= 4 is 47.1 Å². The number of hydrogen-bond donors (Lipinski definition) is 10. The minimum absolute atomic E-state index is 0.0102. The zero-order chi connectivity index (χ0) is 41.4. The smallest absolute Gasteiger partial charge is 0.358 e. The number of anilines is 1. The minimum atomic E-state index is -5.03. The monoisotopic (exact) mass is 800 g/mol. The Bertz CT molecular complexity index is 1370. The maximum Gasteiger partial charge on any atom is 0.416 e. The molecule has 0 aliphatic heterocycles. The molecule has 1 aromatic rings. The third-order valence-corrected chi connectivity index (χ3v) is 8.05. The van der Waals surface area contributed by atoms with E-state index in [0.717, 1.165) is 0 Å². The van der Waals surface area contributed by atoms with Crippen molar-refractivity contribution in [3.63, 3.8) is 0 Å². The van der Waals surface area contributed by atoms with Crippen LogP contribution >= 0.6 is 12.2 Å². The molecule has 4 atom stereocenters. The number of halogens is 6. The highest BCUT2D eigenvalue weighted by Crippen LogP contribution is 2.37. The molecule has 0 unspecified atom stereocenters. The van der Waals surface area contributed by atoms with Gasteiger partial charge in [0.15, 0.2) is 5.11 Å². The summed E-state index contributed by atoms with van der Waals surface area (Å²) in [5, 5.41) is 26.4. The highest BCUT2D eigenvalue weighted by atomic mass is 32.1. The lowest BCUT2D eigenvalue weighted by Crippen LogP contribution is -2.55. The van der Waals surface area contributed by atoms with Gasteiger partial charge in [-0.05, 0) is 61.5 Å². The molecule has 0 fully saturated rings. The van der Waals surface area contributed by atoms with E-state index in [1.807, 2.05) is 27.7 Å². The van der Waals surface area contributed by atoms with Gasteiger partial charge in [-0.3, -0.25) is 0 Å². The van der Waals surface area contributed by atoms with Crippen molar-refractivity contribution in [1.82, 2.24) is 47.9 Å². The Balaban J connectivity index is 2.65. The molecule has 0 aromatic heterocycles. The Morgan fingerprint density at radius 3 is 1.54 bits per heavy atom. The van der Waals surface area contributed by atoms with Crippen LogP contribution in [-0.4, -0.2) is 86.6 Å². The number of hydrogen-bond acceptors (Lipinski definition) is 5. The highest BCUT2D eigenvalue weighted by Gasteiger charge is 2.37. The van der Waals surface area contributed by atoms with E-state index in [2.05, 4.69) is 53.2 Å². The summed E-state index contributed by atoms with van der Waals surface area (Å²) in [6.45, 7) is 13.2. The predicted octanol–water partition coefficient (Wildman–Crippen LogP) is 4.69. The van der Waals surface area contributed by atoms with Crippen LogP contribution < -0.4 is 53.2 Å². The average Bonchev–Trinajstić information content (AvgIpc) is 3.04. The van der Waals surface area contributed by atoms with Crippen molar-refractivity contribution in [2.24, 2.45) is 17.8 Å². The Hall–Kier alpha value is -4.43. The summed E-state index contributed by atoms with van der Waals surface area (Å²) in [5.41, 5.74) is -3.52. The lowest BCUT2D eigenvalue weighted by Gasteiger charge is -2.26. The van der Waals surface area contributed by atoms with Gasteiger partial charge < -0.3 is 53.2 Å². The molecule has 21 heteroatoms. The zero-order valence-corrected chi connectivity index (χ0v) is 32.4. The molecule has 8 amide bonds. The van der Waals surface area contributed by atoms with Gasteiger partial charge in [0.2, 0.25) is 0 Å². The van der Waals surface area contributed by atoms with Crippen LogP contribution in [0, 0.1) is 17.8 Å². The molecule has 10 N–H and O–H groups in total. The van der Waals surface area contributed by atoms with Crippen LogP contribution in [0.1, 0.15) is 66.0 Å². The molecular weight excluding hydrogens is 746 g/mol. The zero-order valence-electron chi connectivity index (χ0n) is 31.6. The number of nitrogens with one attached hydrogen (secondary N) is 10. The minimum Gasteiger partial charge on any atom is -0.358 e. The van der Waals surface area contributed by atoms with Crippen LogP contribution in [0.4, 0.5) is 51.2 Å². The third kappa shape index (κ3) is 19.1. The van der Waals surface area contributed by atoms with Crippen LogP contribution in [0.5, 0.6) is 0 Å². The van der Waals surface area contributed by atoms with Gasteiger partial charge >= 0.3 is 36.5 Å². The molecular formula is C33H54F6N10O4S.